The molecule has 4 heteroatoms. The van der Waals surface area contributed by atoms with Crippen LogP contribution in [0, 0.1) is 0 Å². The monoisotopic (exact) mass is 270 g/mol. The number of benzene rings is 2. The fourth-order valence-corrected chi connectivity index (χ4v) is 1.55. The first-order chi connectivity index (χ1) is 9.59. The maximum atomic E-state index is 11.9. The van der Waals surface area contributed by atoms with Crippen LogP contribution in [0.5, 0.6) is 5.75 Å². The number of carbonyl (C=O) groups excluding carboxylic acids is 2. The van der Waals surface area contributed by atoms with Gasteiger partial charge in [-0.25, -0.2) is 4.79 Å². The summed E-state index contributed by atoms with van der Waals surface area (Å²) in [6, 6.07) is 15.5. The quantitative estimate of drug-likeness (QED) is 0.672. The van der Waals surface area contributed by atoms with Gasteiger partial charge in [-0.15, -0.1) is 0 Å². The third-order valence-electron chi connectivity index (χ3n) is 2.75. The molecule has 0 bridgehead atoms. The van der Waals surface area contributed by atoms with E-state index in [2.05, 4.69) is 4.74 Å². The molecule has 1 unspecified atom stereocenters. The van der Waals surface area contributed by atoms with Gasteiger partial charge >= 0.3 is 5.97 Å². The summed E-state index contributed by atoms with van der Waals surface area (Å²) in [5.41, 5.74) is 0.919. The van der Waals surface area contributed by atoms with E-state index in [1.807, 2.05) is 6.07 Å². The number of para-hydroxylation sites is 1. The molecular formula is C16H14O4. The van der Waals surface area contributed by atoms with E-state index in [1.54, 1.807) is 49.4 Å². The van der Waals surface area contributed by atoms with Gasteiger partial charge in [-0.3, -0.25) is 4.79 Å². The summed E-state index contributed by atoms with van der Waals surface area (Å²) in [7, 11) is 0. The number of phenols is 1. The van der Waals surface area contributed by atoms with E-state index >= 15 is 0 Å². The highest BCUT2D eigenvalue weighted by Crippen LogP contribution is 2.19. The lowest BCUT2D eigenvalue weighted by atomic mass is 10.0. The van der Waals surface area contributed by atoms with Crippen molar-refractivity contribution in [1.29, 1.82) is 0 Å². The van der Waals surface area contributed by atoms with Crippen molar-refractivity contribution < 1.29 is 19.4 Å². The molecule has 0 aliphatic carbocycles. The van der Waals surface area contributed by atoms with Gasteiger partial charge in [-0.05, 0) is 19.1 Å². The third kappa shape index (κ3) is 3.45. The standard InChI is InChI=1S/C13H10O2.C3H4O2/c14-12-9-5-4-8-11(12)13(15)10-6-2-1-3-7-10;1-2-3(4)5-2/h1-9,14H;2H,1H3. The second kappa shape index (κ2) is 6.02. The largest absolute Gasteiger partial charge is 0.507 e. The maximum absolute atomic E-state index is 11.9. The number of hydrogen-bond donors (Lipinski definition) is 1. The summed E-state index contributed by atoms with van der Waals surface area (Å²) < 4.78 is 4.28. The molecule has 3 rings (SSSR count). The van der Waals surface area contributed by atoms with Gasteiger partial charge in [0.05, 0.1) is 5.56 Å². The van der Waals surface area contributed by atoms with Gasteiger partial charge in [0.15, 0.2) is 11.9 Å². The summed E-state index contributed by atoms with van der Waals surface area (Å²) in [6.07, 6.45) is -0.0880. The van der Waals surface area contributed by atoms with Crippen molar-refractivity contribution in [3.8, 4) is 5.75 Å². The fraction of sp³-hybridized carbons (Fsp3) is 0.125. The van der Waals surface area contributed by atoms with Gasteiger partial charge in [-0.1, -0.05) is 42.5 Å². The molecule has 0 amide bonds. The lowest BCUT2D eigenvalue weighted by Gasteiger charge is -2.02. The van der Waals surface area contributed by atoms with Crippen LogP contribution in [0.25, 0.3) is 0 Å². The van der Waals surface area contributed by atoms with Crippen molar-refractivity contribution in [3.63, 3.8) is 0 Å². The Bertz CT molecular complexity index is 619. The Morgan fingerprint density at radius 3 is 2.05 bits per heavy atom. The van der Waals surface area contributed by atoms with Crippen molar-refractivity contribution >= 4 is 11.8 Å². The molecule has 0 saturated carbocycles. The fourth-order valence-electron chi connectivity index (χ4n) is 1.55. The van der Waals surface area contributed by atoms with Crippen molar-refractivity contribution in [2.24, 2.45) is 0 Å². The first kappa shape index (κ1) is 13.8. The highest BCUT2D eigenvalue weighted by atomic mass is 16.6. The Balaban J connectivity index is 0.000000247. The van der Waals surface area contributed by atoms with Gasteiger partial charge in [0.1, 0.15) is 5.75 Å². The molecule has 1 saturated heterocycles. The Morgan fingerprint density at radius 2 is 1.55 bits per heavy atom. The summed E-state index contributed by atoms with van der Waals surface area (Å²) in [6.45, 7) is 1.72. The Morgan fingerprint density at radius 1 is 1.05 bits per heavy atom. The van der Waals surface area contributed by atoms with E-state index in [9.17, 15) is 14.7 Å². The molecule has 1 atom stereocenters. The maximum Gasteiger partial charge on any atom is 0.347 e. The van der Waals surface area contributed by atoms with E-state index in [-0.39, 0.29) is 23.6 Å². The van der Waals surface area contributed by atoms with Gasteiger partial charge in [-0.2, -0.15) is 0 Å². The van der Waals surface area contributed by atoms with Gasteiger partial charge in [0.25, 0.3) is 0 Å². The molecule has 1 aliphatic rings. The molecule has 20 heavy (non-hydrogen) atoms. The molecule has 2 aromatic carbocycles. The van der Waals surface area contributed by atoms with Crippen LogP contribution in [-0.4, -0.2) is 23.0 Å². The van der Waals surface area contributed by atoms with E-state index in [0.717, 1.165) is 0 Å². The molecule has 102 valence electrons. The van der Waals surface area contributed by atoms with Crippen LogP contribution in [0.15, 0.2) is 54.6 Å². The minimum Gasteiger partial charge on any atom is -0.507 e. The van der Waals surface area contributed by atoms with Crippen LogP contribution in [-0.2, 0) is 9.53 Å². The van der Waals surface area contributed by atoms with Crippen LogP contribution in [0.3, 0.4) is 0 Å². The third-order valence-corrected chi connectivity index (χ3v) is 2.75. The van der Waals surface area contributed by atoms with Crippen LogP contribution < -0.4 is 0 Å². The number of cyclic esters (lactones) is 1. The summed E-state index contributed by atoms with van der Waals surface area (Å²) >= 11 is 0. The zero-order valence-electron chi connectivity index (χ0n) is 10.9. The molecule has 4 nitrogen and oxygen atoms in total. The average molecular weight is 270 g/mol. The minimum atomic E-state index is -0.159. The molecule has 1 heterocycles. The predicted molar refractivity (Wildman–Crippen MR) is 73.5 cm³/mol. The van der Waals surface area contributed by atoms with Crippen LogP contribution in [0.1, 0.15) is 22.8 Å². The Kier molecular flexibility index (Phi) is 4.15. The normalized spacial score (nSPS) is 15.7. The topological polar surface area (TPSA) is 66.9 Å². The number of carbonyl (C=O) groups is 2. The smallest absolute Gasteiger partial charge is 0.347 e. The second-order valence-electron chi connectivity index (χ2n) is 4.29. The lowest BCUT2D eigenvalue weighted by molar-refractivity contribution is -0.117. The van der Waals surface area contributed by atoms with Crippen LogP contribution in [0.2, 0.25) is 0 Å². The van der Waals surface area contributed by atoms with E-state index in [4.69, 9.17) is 0 Å². The lowest BCUT2D eigenvalue weighted by Crippen LogP contribution is -2.00. The number of hydrogen-bond acceptors (Lipinski definition) is 4. The zero-order chi connectivity index (χ0) is 14.5. The number of epoxide rings is 1. The molecule has 0 spiro atoms. The van der Waals surface area contributed by atoms with Crippen molar-refractivity contribution in [2.45, 2.75) is 13.0 Å². The summed E-state index contributed by atoms with van der Waals surface area (Å²) in [5.74, 6) is -0.218. The summed E-state index contributed by atoms with van der Waals surface area (Å²) in [5, 5.41) is 9.52. The van der Waals surface area contributed by atoms with Crippen LogP contribution >= 0.6 is 0 Å². The van der Waals surface area contributed by atoms with Crippen LogP contribution in [0.4, 0.5) is 0 Å². The zero-order valence-corrected chi connectivity index (χ0v) is 10.9. The van der Waals surface area contributed by atoms with Gasteiger partial charge in [0, 0.05) is 5.56 Å². The molecular weight excluding hydrogens is 256 g/mol. The van der Waals surface area contributed by atoms with Crippen molar-refractivity contribution in [2.75, 3.05) is 0 Å². The van der Waals surface area contributed by atoms with E-state index in [0.29, 0.717) is 11.1 Å². The highest BCUT2D eigenvalue weighted by molar-refractivity contribution is 6.10. The molecule has 1 aliphatic heterocycles. The number of ether oxygens (including phenoxy) is 1. The highest BCUT2D eigenvalue weighted by Gasteiger charge is 2.31. The van der Waals surface area contributed by atoms with Gasteiger partial charge in [0.2, 0.25) is 0 Å². The van der Waals surface area contributed by atoms with Crippen molar-refractivity contribution in [3.05, 3.63) is 65.7 Å². The average Bonchev–Trinajstić information content (AvgIpc) is 3.13. The molecule has 2 aromatic rings. The first-order valence-corrected chi connectivity index (χ1v) is 6.18. The Hall–Kier alpha value is -2.62. The van der Waals surface area contributed by atoms with E-state index < -0.39 is 0 Å². The second-order valence-corrected chi connectivity index (χ2v) is 4.29. The number of ketones is 1. The van der Waals surface area contributed by atoms with E-state index in [1.165, 1.54) is 6.07 Å². The Labute approximate surface area is 116 Å². The minimum absolute atomic E-state index is 0.0198. The molecule has 1 fully saturated rings. The first-order valence-electron chi connectivity index (χ1n) is 6.18. The van der Waals surface area contributed by atoms with Crippen molar-refractivity contribution in [1.82, 2.24) is 0 Å². The number of phenolic OH excluding ortho intramolecular Hbond substituents is 1. The summed E-state index contributed by atoms with van der Waals surface area (Å²) in [4.78, 5) is 21.6. The molecule has 0 radical (unpaired) electrons. The predicted octanol–water partition coefficient (Wildman–Crippen LogP) is 2.55. The molecule has 0 aromatic heterocycles. The molecule has 1 N–H and O–H groups in total. The van der Waals surface area contributed by atoms with Gasteiger partial charge < -0.3 is 9.84 Å². The number of rotatable bonds is 2. The number of aromatic hydroxyl groups is 1. The SMILES string of the molecule is CC1OC1=O.O=C(c1ccccc1)c1ccccc1O.